The molecule has 1 heterocycles. The van der Waals surface area contributed by atoms with E-state index in [-0.39, 0.29) is 5.43 Å². The molecule has 0 fully saturated rings. The third-order valence-corrected chi connectivity index (χ3v) is 1.23. The molecule has 0 N–H and O–H groups in total. The van der Waals surface area contributed by atoms with Crippen LogP contribution >= 0.6 is 0 Å². The lowest BCUT2D eigenvalue weighted by molar-refractivity contribution is 0.754. The summed E-state index contributed by atoms with van der Waals surface area (Å²) in [5, 5.41) is 0. The maximum absolute atomic E-state index is 10.5. The maximum Gasteiger partial charge on any atom is 0.181 e. The van der Waals surface area contributed by atoms with Crippen molar-refractivity contribution < 1.29 is 0 Å². The van der Waals surface area contributed by atoms with Crippen molar-refractivity contribution in [3.05, 3.63) is 34.7 Å². The summed E-state index contributed by atoms with van der Waals surface area (Å²) in [6.45, 7) is 2.95. The molecule has 0 aliphatic carbocycles. The van der Waals surface area contributed by atoms with E-state index < -0.39 is 0 Å². The first-order valence-corrected chi connectivity index (χ1v) is 2.99. The smallest absolute Gasteiger partial charge is 0.181 e. The van der Waals surface area contributed by atoms with Crippen LogP contribution in [0.1, 0.15) is 6.92 Å². The van der Waals surface area contributed by atoms with Crippen molar-refractivity contribution in [1.29, 1.82) is 0 Å². The molecule has 0 aliphatic rings. The highest BCUT2D eigenvalue weighted by Gasteiger charge is 1.80. The van der Waals surface area contributed by atoms with Crippen LogP contribution in [-0.4, -0.2) is 4.57 Å². The van der Waals surface area contributed by atoms with Gasteiger partial charge >= 0.3 is 0 Å². The van der Waals surface area contributed by atoms with Crippen molar-refractivity contribution >= 4 is 0 Å². The van der Waals surface area contributed by atoms with Crippen LogP contribution in [0.4, 0.5) is 0 Å². The van der Waals surface area contributed by atoms with Crippen molar-refractivity contribution in [3.63, 3.8) is 0 Å². The first-order chi connectivity index (χ1) is 4.33. The fourth-order valence-corrected chi connectivity index (χ4v) is 0.654. The van der Waals surface area contributed by atoms with Crippen molar-refractivity contribution in [2.24, 2.45) is 0 Å². The zero-order chi connectivity index (χ0) is 6.69. The summed E-state index contributed by atoms with van der Waals surface area (Å²) in [7, 11) is 0. The van der Waals surface area contributed by atoms with Gasteiger partial charge in [0.25, 0.3) is 0 Å². The van der Waals surface area contributed by atoms with Crippen molar-refractivity contribution in [2.45, 2.75) is 13.5 Å². The van der Waals surface area contributed by atoms with Crippen LogP contribution in [0, 0.1) is 0 Å². The van der Waals surface area contributed by atoms with Crippen molar-refractivity contribution in [2.75, 3.05) is 0 Å². The molecule has 0 saturated heterocycles. The minimum Gasteiger partial charge on any atom is -0.354 e. The highest BCUT2D eigenvalue weighted by molar-refractivity contribution is 4.93. The lowest BCUT2D eigenvalue weighted by atomic mass is 10.5. The van der Waals surface area contributed by atoms with Gasteiger partial charge in [-0.15, -0.1) is 0 Å². The number of hydrogen-bond donors (Lipinski definition) is 0. The van der Waals surface area contributed by atoms with Crippen molar-refractivity contribution in [1.82, 2.24) is 4.57 Å². The Morgan fingerprint density at radius 2 is 2.00 bits per heavy atom. The molecule has 0 atom stereocenters. The molecule has 1 aromatic rings. The second-order valence-electron chi connectivity index (χ2n) is 1.86. The second-order valence-corrected chi connectivity index (χ2v) is 1.86. The fraction of sp³-hybridized carbons (Fsp3) is 0.286. The molecule has 2 nitrogen and oxygen atoms in total. The largest absolute Gasteiger partial charge is 0.354 e. The summed E-state index contributed by atoms with van der Waals surface area (Å²) in [5.41, 5.74) is 0.0692. The van der Waals surface area contributed by atoms with Crippen LogP contribution in [0.15, 0.2) is 29.3 Å². The summed E-state index contributed by atoms with van der Waals surface area (Å²) in [6, 6.07) is 3.12. The third-order valence-electron chi connectivity index (χ3n) is 1.23. The molecule has 1 aromatic heterocycles. The van der Waals surface area contributed by atoms with E-state index in [0.717, 1.165) is 6.54 Å². The summed E-state index contributed by atoms with van der Waals surface area (Å²) in [5.74, 6) is 0. The van der Waals surface area contributed by atoms with Gasteiger partial charge in [0.1, 0.15) is 0 Å². The summed E-state index contributed by atoms with van der Waals surface area (Å²) >= 11 is 0. The Bertz CT molecular complexity index is 218. The van der Waals surface area contributed by atoms with Gasteiger partial charge in [-0.25, -0.2) is 0 Å². The molecular weight excluding hydrogens is 114 g/mol. The molecule has 1 rings (SSSR count). The summed E-state index contributed by atoms with van der Waals surface area (Å²) < 4.78 is 1.95. The van der Waals surface area contributed by atoms with E-state index in [0.29, 0.717) is 0 Å². The van der Waals surface area contributed by atoms with E-state index in [4.69, 9.17) is 0 Å². The zero-order valence-corrected chi connectivity index (χ0v) is 5.37. The molecule has 0 aliphatic heterocycles. The van der Waals surface area contributed by atoms with Crippen LogP contribution in [-0.2, 0) is 6.54 Å². The van der Waals surface area contributed by atoms with E-state index in [1.54, 1.807) is 24.5 Å². The van der Waals surface area contributed by atoms with Gasteiger partial charge in [0, 0.05) is 31.1 Å². The summed E-state index contributed by atoms with van der Waals surface area (Å²) in [6.07, 6.45) is 3.56. The average molecular weight is 123 g/mol. The number of rotatable bonds is 1. The third kappa shape index (κ3) is 1.42. The Balaban J connectivity index is 3.02. The van der Waals surface area contributed by atoms with Gasteiger partial charge in [-0.2, -0.15) is 0 Å². The molecule has 0 amide bonds. The molecule has 0 spiro atoms. The van der Waals surface area contributed by atoms with E-state index in [9.17, 15) is 4.79 Å². The zero-order valence-electron chi connectivity index (χ0n) is 5.37. The van der Waals surface area contributed by atoms with E-state index >= 15 is 0 Å². The second kappa shape index (κ2) is 2.49. The van der Waals surface area contributed by atoms with Crippen molar-refractivity contribution in [3.8, 4) is 0 Å². The minimum absolute atomic E-state index is 0.0692. The van der Waals surface area contributed by atoms with Crippen LogP contribution in [0.25, 0.3) is 0 Å². The normalized spacial score (nSPS) is 9.44. The molecule has 0 radical (unpaired) electrons. The van der Waals surface area contributed by atoms with E-state index in [1.807, 2.05) is 11.5 Å². The number of aromatic nitrogens is 1. The number of pyridine rings is 1. The first kappa shape index (κ1) is 6.08. The Hall–Kier alpha value is -1.05. The molecule has 0 saturated carbocycles. The monoisotopic (exact) mass is 123 g/mol. The van der Waals surface area contributed by atoms with Gasteiger partial charge in [0.05, 0.1) is 0 Å². The molecule has 9 heavy (non-hydrogen) atoms. The Labute approximate surface area is 53.8 Å². The van der Waals surface area contributed by atoms with Crippen LogP contribution in [0.2, 0.25) is 0 Å². The summed E-state index contributed by atoms with van der Waals surface area (Å²) in [4.78, 5) is 10.5. The van der Waals surface area contributed by atoms with E-state index in [1.165, 1.54) is 0 Å². The number of aryl methyl sites for hydroxylation is 1. The molecular formula is C7H9NO. The predicted octanol–water partition coefficient (Wildman–Crippen LogP) is 0.868. The minimum atomic E-state index is 0.0692. The number of nitrogens with zero attached hydrogens (tertiary/aromatic N) is 1. The molecule has 48 valence electrons. The van der Waals surface area contributed by atoms with Crippen LogP contribution in [0.5, 0.6) is 0 Å². The van der Waals surface area contributed by atoms with Gasteiger partial charge in [0.2, 0.25) is 0 Å². The van der Waals surface area contributed by atoms with Crippen LogP contribution in [0.3, 0.4) is 0 Å². The maximum atomic E-state index is 10.5. The lowest BCUT2D eigenvalue weighted by Gasteiger charge is -1.96. The topological polar surface area (TPSA) is 22.0 Å². The van der Waals surface area contributed by atoms with Gasteiger partial charge in [-0.3, -0.25) is 4.79 Å². The fourth-order valence-electron chi connectivity index (χ4n) is 0.654. The first-order valence-electron chi connectivity index (χ1n) is 2.99. The Kier molecular flexibility index (Phi) is 1.68. The van der Waals surface area contributed by atoms with E-state index in [2.05, 4.69) is 0 Å². The van der Waals surface area contributed by atoms with Gasteiger partial charge in [0.15, 0.2) is 5.43 Å². The number of hydrogen-bond acceptors (Lipinski definition) is 1. The van der Waals surface area contributed by atoms with Gasteiger partial charge in [-0.05, 0) is 6.92 Å². The highest BCUT2D eigenvalue weighted by Crippen LogP contribution is 1.80. The quantitative estimate of drug-likeness (QED) is 0.543. The molecule has 2 heteroatoms. The standard InChI is InChI=1S/C7H9NO/c1-2-8-5-3-7(9)4-6-8/h3-6H,2H2,1H3. The van der Waals surface area contributed by atoms with Gasteiger partial charge in [-0.1, -0.05) is 0 Å². The molecule has 0 unspecified atom stereocenters. The predicted molar refractivity (Wildman–Crippen MR) is 36.4 cm³/mol. The van der Waals surface area contributed by atoms with Gasteiger partial charge < -0.3 is 4.57 Å². The van der Waals surface area contributed by atoms with Crippen LogP contribution < -0.4 is 5.43 Å². The Morgan fingerprint density at radius 3 is 2.44 bits per heavy atom. The average Bonchev–Trinajstić information content (AvgIpc) is 1.90. The SMILES string of the molecule is CCn1ccc(=O)cc1. The Morgan fingerprint density at radius 1 is 1.44 bits per heavy atom. The molecule has 0 bridgehead atoms. The molecule has 0 aromatic carbocycles. The lowest BCUT2D eigenvalue weighted by Crippen LogP contribution is -2.01. The highest BCUT2D eigenvalue weighted by atomic mass is 16.1.